The van der Waals surface area contributed by atoms with Gasteiger partial charge >= 0.3 is 0 Å². The number of rotatable bonds is 3. The minimum atomic E-state index is -0.113. The molecule has 1 N–H and O–H groups in total. The van der Waals surface area contributed by atoms with Gasteiger partial charge in [-0.1, -0.05) is 0 Å². The second kappa shape index (κ2) is 6.16. The minimum Gasteiger partial charge on any atom is -0.480 e. The summed E-state index contributed by atoms with van der Waals surface area (Å²) in [5.41, 5.74) is 3.83. The monoisotopic (exact) mass is 343 g/mol. The molecule has 2 aliphatic rings. The van der Waals surface area contributed by atoms with E-state index >= 15 is 0 Å². The Labute approximate surface area is 145 Å². The summed E-state index contributed by atoms with van der Waals surface area (Å²) in [5, 5.41) is 4.22. The van der Waals surface area contributed by atoms with Crippen LogP contribution in [-0.4, -0.2) is 23.0 Å². The Kier molecular flexibility index (Phi) is 4.00. The number of thiazole rings is 1. The molecule has 0 bridgehead atoms. The molecule has 5 nitrogen and oxygen atoms in total. The molecule has 0 saturated heterocycles. The summed E-state index contributed by atoms with van der Waals surface area (Å²) >= 11 is 1.74. The first-order chi connectivity index (χ1) is 11.7. The molecule has 1 atom stereocenters. The van der Waals surface area contributed by atoms with Gasteiger partial charge in [0.2, 0.25) is 5.88 Å². The molecule has 2 aromatic heterocycles. The van der Waals surface area contributed by atoms with Crippen molar-refractivity contribution in [1.29, 1.82) is 0 Å². The highest BCUT2D eigenvalue weighted by molar-refractivity contribution is 7.11. The summed E-state index contributed by atoms with van der Waals surface area (Å²) in [5.74, 6) is 0.316. The SMILES string of the molecule is COc1nc2c(cc1C(=O)N[C@@H]1CCCc3sc(C)nc31)CCC2. The smallest absolute Gasteiger partial charge is 0.257 e. The number of nitrogens with zero attached hydrogens (tertiary/aromatic N) is 2. The fourth-order valence-corrected chi connectivity index (χ4v) is 4.73. The van der Waals surface area contributed by atoms with Gasteiger partial charge in [0.1, 0.15) is 5.56 Å². The standard InChI is InChI=1S/C18H21N3O2S/c1-10-19-16-14(7-4-8-15(16)24-10)20-17(22)12-9-11-5-3-6-13(11)21-18(12)23-2/h9,14H,3-8H2,1-2H3,(H,20,22)/t14-/m1/s1. The third-order valence-electron chi connectivity index (χ3n) is 4.82. The predicted octanol–water partition coefficient (Wildman–Crippen LogP) is 3.15. The molecule has 2 heterocycles. The van der Waals surface area contributed by atoms with E-state index in [1.165, 1.54) is 10.4 Å². The highest BCUT2D eigenvalue weighted by Gasteiger charge is 2.28. The van der Waals surface area contributed by atoms with E-state index in [2.05, 4.69) is 15.3 Å². The fourth-order valence-electron chi connectivity index (χ4n) is 3.69. The summed E-state index contributed by atoms with van der Waals surface area (Å²) in [6.45, 7) is 2.02. The van der Waals surface area contributed by atoms with E-state index in [4.69, 9.17) is 4.74 Å². The topological polar surface area (TPSA) is 64.1 Å². The molecule has 126 valence electrons. The second-order valence-electron chi connectivity index (χ2n) is 6.46. The molecule has 0 radical (unpaired) electrons. The fraction of sp³-hybridized carbons (Fsp3) is 0.500. The van der Waals surface area contributed by atoms with Crippen LogP contribution in [0.4, 0.5) is 0 Å². The summed E-state index contributed by atoms with van der Waals surface area (Å²) in [7, 11) is 1.57. The van der Waals surface area contributed by atoms with Crippen LogP contribution >= 0.6 is 11.3 Å². The molecule has 0 spiro atoms. The molecule has 0 aromatic carbocycles. The number of carbonyl (C=O) groups excluding carboxylic acids is 1. The molecule has 0 fully saturated rings. The van der Waals surface area contributed by atoms with Crippen LogP contribution in [0.2, 0.25) is 0 Å². The maximum Gasteiger partial charge on any atom is 0.257 e. The average molecular weight is 343 g/mol. The van der Waals surface area contributed by atoms with Crippen LogP contribution < -0.4 is 10.1 Å². The Morgan fingerprint density at radius 3 is 3.00 bits per heavy atom. The average Bonchev–Trinajstić information content (AvgIpc) is 3.18. The van der Waals surface area contributed by atoms with E-state index in [1.807, 2.05) is 13.0 Å². The first-order valence-corrected chi connectivity index (χ1v) is 9.31. The molecule has 0 aliphatic heterocycles. The first kappa shape index (κ1) is 15.6. The van der Waals surface area contributed by atoms with Gasteiger partial charge in [-0.3, -0.25) is 4.79 Å². The molecule has 0 saturated carbocycles. The number of hydrogen-bond donors (Lipinski definition) is 1. The van der Waals surface area contributed by atoms with Crippen molar-refractivity contribution in [2.75, 3.05) is 7.11 Å². The Morgan fingerprint density at radius 2 is 2.17 bits per heavy atom. The van der Waals surface area contributed by atoms with E-state index < -0.39 is 0 Å². The van der Waals surface area contributed by atoms with Crippen molar-refractivity contribution in [3.05, 3.63) is 38.5 Å². The van der Waals surface area contributed by atoms with Gasteiger partial charge in [0.25, 0.3) is 5.91 Å². The summed E-state index contributed by atoms with van der Waals surface area (Å²) < 4.78 is 5.37. The molecule has 0 unspecified atom stereocenters. The summed E-state index contributed by atoms with van der Waals surface area (Å²) in [4.78, 5) is 23.3. The van der Waals surface area contributed by atoms with E-state index in [-0.39, 0.29) is 11.9 Å². The van der Waals surface area contributed by atoms with Crippen LogP contribution in [0.5, 0.6) is 5.88 Å². The number of aryl methyl sites for hydroxylation is 4. The Morgan fingerprint density at radius 1 is 1.29 bits per heavy atom. The second-order valence-corrected chi connectivity index (χ2v) is 7.75. The Bertz CT molecular complexity index is 800. The van der Waals surface area contributed by atoms with E-state index in [1.54, 1.807) is 18.4 Å². The lowest BCUT2D eigenvalue weighted by Crippen LogP contribution is -2.31. The Hall–Kier alpha value is -1.95. The van der Waals surface area contributed by atoms with Crippen LogP contribution in [0.1, 0.15) is 62.5 Å². The van der Waals surface area contributed by atoms with Gasteiger partial charge in [-0.2, -0.15) is 0 Å². The maximum absolute atomic E-state index is 12.9. The van der Waals surface area contributed by atoms with E-state index in [0.29, 0.717) is 11.4 Å². The molecular weight excluding hydrogens is 322 g/mol. The third kappa shape index (κ3) is 2.69. The van der Waals surface area contributed by atoms with Crippen molar-refractivity contribution in [1.82, 2.24) is 15.3 Å². The summed E-state index contributed by atoms with van der Waals surface area (Å²) in [6.07, 6.45) is 6.14. The minimum absolute atomic E-state index is 0.0100. The highest BCUT2D eigenvalue weighted by atomic mass is 32.1. The van der Waals surface area contributed by atoms with Crippen LogP contribution in [0.25, 0.3) is 0 Å². The van der Waals surface area contributed by atoms with Crippen LogP contribution in [-0.2, 0) is 19.3 Å². The van der Waals surface area contributed by atoms with Crippen LogP contribution in [0.15, 0.2) is 6.07 Å². The first-order valence-electron chi connectivity index (χ1n) is 8.49. The number of amides is 1. The number of methoxy groups -OCH3 is 1. The molecule has 2 aliphatic carbocycles. The van der Waals surface area contributed by atoms with Crippen LogP contribution in [0, 0.1) is 6.92 Å². The number of carbonyl (C=O) groups is 1. The lowest BCUT2D eigenvalue weighted by Gasteiger charge is -2.22. The lowest BCUT2D eigenvalue weighted by molar-refractivity contribution is 0.0928. The van der Waals surface area contributed by atoms with Gasteiger partial charge in [-0.15, -0.1) is 11.3 Å². The third-order valence-corrected chi connectivity index (χ3v) is 5.87. The predicted molar refractivity (Wildman–Crippen MR) is 92.8 cm³/mol. The number of hydrogen-bond acceptors (Lipinski definition) is 5. The normalized spacial score (nSPS) is 18.8. The van der Waals surface area contributed by atoms with E-state index in [9.17, 15) is 4.79 Å². The number of ether oxygens (including phenoxy) is 1. The van der Waals surface area contributed by atoms with Gasteiger partial charge in [0, 0.05) is 10.6 Å². The van der Waals surface area contributed by atoms with Crippen molar-refractivity contribution < 1.29 is 9.53 Å². The zero-order chi connectivity index (χ0) is 16.7. The lowest BCUT2D eigenvalue weighted by atomic mass is 9.97. The van der Waals surface area contributed by atoms with Crippen molar-refractivity contribution >= 4 is 17.2 Å². The quantitative estimate of drug-likeness (QED) is 0.930. The van der Waals surface area contributed by atoms with Crippen LogP contribution in [0.3, 0.4) is 0 Å². The maximum atomic E-state index is 12.9. The van der Waals surface area contributed by atoms with Gasteiger partial charge in [0.15, 0.2) is 0 Å². The number of pyridine rings is 1. The van der Waals surface area contributed by atoms with E-state index in [0.717, 1.165) is 54.9 Å². The van der Waals surface area contributed by atoms with Crippen molar-refractivity contribution in [3.63, 3.8) is 0 Å². The number of fused-ring (bicyclic) bond motifs is 2. The molecule has 6 heteroatoms. The van der Waals surface area contributed by atoms with Gasteiger partial charge in [-0.05, 0) is 57.1 Å². The molecule has 2 aromatic rings. The highest BCUT2D eigenvalue weighted by Crippen LogP contribution is 2.34. The van der Waals surface area contributed by atoms with Crippen molar-refractivity contribution in [2.45, 2.75) is 51.5 Å². The summed E-state index contributed by atoms with van der Waals surface area (Å²) in [6, 6.07) is 1.95. The zero-order valence-corrected chi connectivity index (χ0v) is 14.8. The van der Waals surface area contributed by atoms with Gasteiger partial charge in [-0.25, -0.2) is 9.97 Å². The largest absolute Gasteiger partial charge is 0.480 e. The molecule has 1 amide bonds. The Balaban J connectivity index is 1.61. The molecule has 4 rings (SSSR count). The molecular formula is C18H21N3O2S. The molecule has 24 heavy (non-hydrogen) atoms. The van der Waals surface area contributed by atoms with Crippen molar-refractivity contribution in [2.24, 2.45) is 0 Å². The number of aromatic nitrogens is 2. The number of nitrogens with one attached hydrogen (secondary N) is 1. The zero-order valence-electron chi connectivity index (χ0n) is 14.0. The van der Waals surface area contributed by atoms with Gasteiger partial charge < -0.3 is 10.1 Å². The van der Waals surface area contributed by atoms with Gasteiger partial charge in [0.05, 0.1) is 23.9 Å². The van der Waals surface area contributed by atoms with Crippen molar-refractivity contribution in [3.8, 4) is 5.88 Å².